The summed E-state index contributed by atoms with van der Waals surface area (Å²) in [6, 6.07) is 15.1. The van der Waals surface area contributed by atoms with Gasteiger partial charge >= 0.3 is 0 Å². The summed E-state index contributed by atoms with van der Waals surface area (Å²) in [5, 5.41) is 10.4. The van der Waals surface area contributed by atoms with Crippen LogP contribution in [-0.2, 0) is 0 Å². The Hall–Kier alpha value is -2.22. The molecule has 0 saturated heterocycles. The molecule has 2 heteroatoms. The van der Waals surface area contributed by atoms with Crippen LogP contribution in [0, 0.1) is 6.92 Å². The highest BCUT2D eigenvalue weighted by Crippen LogP contribution is 2.30. The van der Waals surface area contributed by atoms with Crippen molar-refractivity contribution in [3.05, 3.63) is 54.1 Å². The summed E-state index contributed by atoms with van der Waals surface area (Å²) in [5.41, 5.74) is 3.03. The van der Waals surface area contributed by atoms with Gasteiger partial charge < -0.3 is 9.52 Å². The summed E-state index contributed by atoms with van der Waals surface area (Å²) in [6.07, 6.45) is 0. The molecule has 0 amide bonds. The van der Waals surface area contributed by atoms with E-state index in [0.29, 0.717) is 0 Å². The van der Waals surface area contributed by atoms with Crippen LogP contribution in [0.15, 0.2) is 52.9 Å². The Bertz CT molecular complexity index is 663. The second kappa shape index (κ2) is 3.67. The van der Waals surface area contributed by atoms with Crippen LogP contribution in [-0.4, -0.2) is 5.11 Å². The lowest BCUT2D eigenvalue weighted by Gasteiger charge is -1.96. The predicted molar refractivity (Wildman–Crippen MR) is 68.1 cm³/mol. The van der Waals surface area contributed by atoms with Gasteiger partial charge in [0.25, 0.3) is 0 Å². The Kier molecular flexibility index (Phi) is 2.15. The number of furan rings is 1. The van der Waals surface area contributed by atoms with Crippen molar-refractivity contribution in [3.8, 4) is 17.1 Å². The van der Waals surface area contributed by atoms with E-state index >= 15 is 0 Å². The molecule has 84 valence electrons. The summed E-state index contributed by atoms with van der Waals surface area (Å²) < 4.78 is 5.84. The van der Waals surface area contributed by atoms with Crippen LogP contribution in [0.5, 0.6) is 5.75 Å². The fourth-order valence-corrected chi connectivity index (χ4v) is 1.98. The van der Waals surface area contributed by atoms with Gasteiger partial charge in [0.1, 0.15) is 17.1 Å². The van der Waals surface area contributed by atoms with Crippen LogP contribution in [0.25, 0.3) is 22.3 Å². The average molecular weight is 224 g/mol. The maximum absolute atomic E-state index is 9.26. The van der Waals surface area contributed by atoms with E-state index in [1.165, 1.54) is 0 Å². The standard InChI is InChI=1S/C15H12O2/c1-10-3-2-4-12-9-14(17-15(10)12)11-5-7-13(16)8-6-11/h2-9,16H,1H3. The molecule has 3 aromatic rings. The fraction of sp³-hybridized carbons (Fsp3) is 0.0667. The molecule has 0 aliphatic carbocycles. The van der Waals surface area contributed by atoms with Gasteiger partial charge in [0.05, 0.1) is 0 Å². The predicted octanol–water partition coefficient (Wildman–Crippen LogP) is 4.11. The molecular weight excluding hydrogens is 212 g/mol. The summed E-state index contributed by atoms with van der Waals surface area (Å²) in [6.45, 7) is 2.03. The topological polar surface area (TPSA) is 33.4 Å². The van der Waals surface area contributed by atoms with Crippen molar-refractivity contribution in [2.45, 2.75) is 6.92 Å². The van der Waals surface area contributed by atoms with E-state index in [4.69, 9.17) is 4.42 Å². The number of phenols is 1. The molecule has 1 N–H and O–H groups in total. The molecule has 2 aromatic carbocycles. The van der Waals surface area contributed by atoms with E-state index in [1.807, 2.05) is 43.3 Å². The number of fused-ring (bicyclic) bond motifs is 1. The SMILES string of the molecule is Cc1cccc2cc(-c3ccc(O)cc3)oc12. The Morgan fingerprint density at radius 2 is 1.76 bits per heavy atom. The van der Waals surface area contributed by atoms with Gasteiger partial charge in [0.2, 0.25) is 0 Å². The lowest BCUT2D eigenvalue weighted by molar-refractivity contribution is 0.475. The highest BCUT2D eigenvalue weighted by atomic mass is 16.3. The third-order valence-electron chi connectivity index (χ3n) is 2.89. The first-order valence-corrected chi connectivity index (χ1v) is 5.52. The van der Waals surface area contributed by atoms with Crippen LogP contribution in [0.1, 0.15) is 5.56 Å². The second-order valence-electron chi connectivity index (χ2n) is 4.15. The van der Waals surface area contributed by atoms with Crippen LogP contribution < -0.4 is 0 Å². The Morgan fingerprint density at radius 1 is 1.00 bits per heavy atom. The summed E-state index contributed by atoms with van der Waals surface area (Å²) in [5.74, 6) is 1.09. The average Bonchev–Trinajstić information content (AvgIpc) is 2.75. The number of benzene rings is 2. The minimum absolute atomic E-state index is 0.265. The molecule has 17 heavy (non-hydrogen) atoms. The first-order valence-electron chi connectivity index (χ1n) is 5.52. The summed E-state index contributed by atoms with van der Waals surface area (Å²) in [4.78, 5) is 0. The van der Waals surface area contributed by atoms with Crippen molar-refractivity contribution in [1.82, 2.24) is 0 Å². The number of para-hydroxylation sites is 1. The molecule has 0 spiro atoms. The van der Waals surface area contributed by atoms with Gasteiger partial charge in [0, 0.05) is 10.9 Å². The summed E-state index contributed by atoms with van der Waals surface area (Å²) >= 11 is 0. The summed E-state index contributed by atoms with van der Waals surface area (Å²) in [7, 11) is 0. The second-order valence-corrected chi connectivity index (χ2v) is 4.15. The van der Waals surface area contributed by atoms with E-state index in [-0.39, 0.29) is 5.75 Å². The molecule has 0 bridgehead atoms. The Morgan fingerprint density at radius 3 is 2.47 bits per heavy atom. The van der Waals surface area contributed by atoms with Gasteiger partial charge in [-0.3, -0.25) is 0 Å². The first-order chi connectivity index (χ1) is 8.24. The molecule has 0 atom stereocenters. The fourth-order valence-electron chi connectivity index (χ4n) is 1.98. The normalized spacial score (nSPS) is 10.9. The molecule has 0 unspecified atom stereocenters. The number of phenolic OH excluding ortho intramolecular Hbond substituents is 1. The largest absolute Gasteiger partial charge is 0.508 e. The quantitative estimate of drug-likeness (QED) is 0.674. The van der Waals surface area contributed by atoms with E-state index in [2.05, 4.69) is 0 Å². The lowest BCUT2D eigenvalue weighted by Crippen LogP contribution is -1.71. The van der Waals surface area contributed by atoms with E-state index in [9.17, 15) is 5.11 Å². The Balaban J connectivity index is 2.18. The van der Waals surface area contributed by atoms with Crippen molar-refractivity contribution >= 4 is 11.0 Å². The maximum Gasteiger partial charge on any atom is 0.137 e. The van der Waals surface area contributed by atoms with Gasteiger partial charge in [-0.15, -0.1) is 0 Å². The highest BCUT2D eigenvalue weighted by Gasteiger charge is 2.07. The van der Waals surface area contributed by atoms with E-state index in [0.717, 1.165) is 27.9 Å². The van der Waals surface area contributed by atoms with Gasteiger partial charge in [-0.05, 0) is 42.8 Å². The van der Waals surface area contributed by atoms with Crippen molar-refractivity contribution in [1.29, 1.82) is 0 Å². The van der Waals surface area contributed by atoms with E-state index < -0.39 is 0 Å². The van der Waals surface area contributed by atoms with Gasteiger partial charge in [-0.25, -0.2) is 0 Å². The molecule has 3 rings (SSSR count). The Labute approximate surface area is 99.1 Å². The number of aryl methyl sites for hydroxylation is 1. The number of aromatic hydroxyl groups is 1. The molecule has 0 aliphatic rings. The zero-order valence-corrected chi connectivity index (χ0v) is 9.47. The van der Waals surface area contributed by atoms with Crippen molar-refractivity contribution in [3.63, 3.8) is 0 Å². The van der Waals surface area contributed by atoms with E-state index in [1.54, 1.807) is 12.1 Å². The monoisotopic (exact) mass is 224 g/mol. The third-order valence-corrected chi connectivity index (χ3v) is 2.89. The maximum atomic E-state index is 9.26. The third kappa shape index (κ3) is 1.68. The minimum Gasteiger partial charge on any atom is -0.508 e. The molecule has 0 radical (unpaired) electrons. The van der Waals surface area contributed by atoms with Crippen LogP contribution in [0.4, 0.5) is 0 Å². The van der Waals surface area contributed by atoms with Gasteiger partial charge in [0.15, 0.2) is 0 Å². The van der Waals surface area contributed by atoms with Crippen LogP contribution in [0.2, 0.25) is 0 Å². The number of hydrogen-bond acceptors (Lipinski definition) is 2. The van der Waals surface area contributed by atoms with Crippen LogP contribution in [0.3, 0.4) is 0 Å². The van der Waals surface area contributed by atoms with Gasteiger partial charge in [-0.2, -0.15) is 0 Å². The number of rotatable bonds is 1. The van der Waals surface area contributed by atoms with Crippen molar-refractivity contribution in [2.75, 3.05) is 0 Å². The minimum atomic E-state index is 0.265. The number of hydrogen-bond donors (Lipinski definition) is 1. The molecule has 0 fully saturated rings. The zero-order valence-electron chi connectivity index (χ0n) is 9.47. The first kappa shape index (κ1) is 9.97. The van der Waals surface area contributed by atoms with Crippen LogP contribution >= 0.6 is 0 Å². The highest BCUT2D eigenvalue weighted by molar-refractivity contribution is 5.85. The smallest absolute Gasteiger partial charge is 0.137 e. The molecule has 0 saturated carbocycles. The lowest BCUT2D eigenvalue weighted by atomic mass is 10.1. The molecule has 2 nitrogen and oxygen atoms in total. The molecular formula is C15H12O2. The zero-order chi connectivity index (χ0) is 11.8. The molecule has 0 aliphatic heterocycles. The van der Waals surface area contributed by atoms with Gasteiger partial charge in [-0.1, -0.05) is 18.2 Å². The molecule has 1 aromatic heterocycles. The van der Waals surface area contributed by atoms with Crippen molar-refractivity contribution < 1.29 is 9.52 Å². The van der Waals surface area contributed by atoms with Crippen molar-refractivity contribution in [2.24, 2.45) is 0 Å². The molecule has 1 heterocycles.